The van der Waals surface area contributed by atoms with E-state index in [1.54, 1.807) is 0 Å². The quantitative estimate of drug-likeness (QED) is 0.689. The van der Waals surface area contributed by atoms with E-state index in [1.807, 2.05) is 6.92 Å². The van der Waals surface area contributed by atoms with Crippen molar-refractivity contribution in [3.8, 4) is 11.5 Å². The van der Waals surface area contributed by atoms with Gasteiger partial charge in [-0.25, -0.2) is 4.98 Å². The smallest absolute Gasteiger partial charge is 0.226 e. The first-order chi connectivity index (χ1) is 13.6. The highest BCUT2D eigenvalue weighted by Crippen LogP contribution is 2.25. The standard InChI is InChI=1S/C23H33N3O2/c1-4-6-13-24-22(27)19-11-14-26(15-12-19)16-21-17(3)28-23(25-21)20-9-7-18(5-2)8-10-20/h7-10,19H,4-6,11-16H2,1-3H3,(H,24,27). The van der Waals surface area contributed by atoms with E-state index in [4.69, 9.17) is 9.40 Å². The number of piperidine rings is 1. The first-order valence-electron chi connectivity index (χ1n) is 10.7. The molecule has 152 valence electrons. The summed E-state index contributed by atoms with van der Waals surface area (Å²) in [6.45, 7) is 9.72. The minimum Gasteiger partial charge on any atom is -0.441 e. The van der Waals surface area contributed by atoms with Crippen LogP contribution in [0.15, 0.2) is 28.7 Å². The number of unbranched alkanes of at least 4 members (excludes halogenated alkanes) is 1. The van der Waals surface area contributed by atoms with E-state index in [0.29, 0.717) is 5.89 Å². The highest BCUT2D eigenvalue weighted by atomic mass is 16.4. The molecule has 0 aliphatic carbocycles. The second-order valence-electron chi connectivity index (χ2n) is 7.77. The summed E-state index contributed by atoms with van der Waals surface area (Å²) in [5.74, 6) is 1.96. The van der Waals surface area contributed by atoms with E-state index in [1.165, 1.54) is 5.56 Å². The third kappa shape index (κ3) is 5.22. The highest BCUT2D eigenvalue weighted by Gasteiger charge is 2.25. The molecule has 1 fully saturated rings. The molecule has 3 rings (SSSR count). The van der Waals surface area contributed by atoms with E-state index in [2.05, 4.69) is 48.3 Å². The number of carbonyl (C=O) groups excluding carboxylic acids is 1. The van der Waals surface area contributed by atoms with E-state index in [-0.39, 0.29) is 11.8 Å². The van der Waals surface area contributed by atoms with Crippen LogP contribution in [0, 0.1) is 12.8 Å². The predicted octanol–water partition coefficient (Wildman–Crippen LogP) is 4.34. The number of hydrogen-bond acceptors (Lipinski definition) is 4. The molecule has 2 heterocycles. The van der Waals surface area contributed by atoms with Crippen molar-refractivity contribution in [2.45, 2.75) is 59.4 Å². The molecule has 1 aromatic carbocycles. The first-order valence-corrected chi connectivity index (χ1v) is 10.7. The predicted molar refractivity (Wildman–Crippen MR) is 112 cm³/mol. The zero-order valence-electron chi connectivity index (χ0n) is 17.5. The van der Waals surface area contributed by atoms with Crippen molar-refractivity contribution in [2.24, 2.45) is 5.92 Å². The molecular formula is C23H33N3O2. The van der Waals surface area contributed by atoms with Crippen molar-refractivity contribution >= 4 is 5.91 Å². The Bertz CT molecular complexity index is 759. The van der Waals surface area contributed by atoms with Crippen LogP contribution in [0.1, 0.15) is 56.5 Å². The Balaban J connectivity index is 1.54. The maximum atomic E-state index is 12.2. The third-order valence-corrected chi connectivity index (χ3v) is 5.66. The lowest BCUT2D eigenvalue weighted by atomic mass is 9.95. The largest absolute Gasteiger partial charge is 0.441 e. The van der Waals surface area contributed by atoms with Gasteiger partial charge in [0.05, 0.1) is 5.69 Å². The molecule has 1 amide bonds. The molecule has 5 heteroatoms. The molecular weight excluding hydrogens is 350 g/mol. The number of rotatable bonds is 8. The van der Waals surface area contributed by atoms with Crippen molar-refractivity contribution in [1.82, 2.24) is 15.2 Å². The zero-order chi connectivity index (χ0) is 19.9. The average Bonchev–Trinajstić information content (AvgIpc) is 3.09. The van der Waals surface area contributed by atoms with Crippen LogP contribution in [-0.2, 0) is 17.8 Å². The van der Waals surface area contributed by atoms with Crippen molar-refractivity contribution in [1.29, 1.82) is 0 Å². The fourth-order valence-corrected chi connectivity index (χ4v) is 3.68. The first kappa shape index (κ1) is 20.6. The van der Waals surface area contributed by atoms with Gasteiger partial charge in [-0.2, -0.15) is 0 Å². The van der Waals surface area contributed by atoms with Gasteiger partial charge in [0, 0.05) is 24.6 Å². The monoisotopic (exact) mass is 383 g/mol. The Hall–Kier alpha value is -2.14. The Morgan fingerprint density at radius 2 is 1.93 bits per heavy atom. The van der Waals surface area contributed by atoms with Crippen molar-refractivity contribution in [3.05, 3.63) is 41.3 Å². The molecule has 1 aromatic heterocycles. The number of nitrogens with one attached hydrogen (secondary N) is 1. The van der Waals surface area contributed by atoms with Gasteiger partial charge in [0.15, 0.2) is 0 Å². The van der Waals surface area contributed by atoms with Crippen LogP contribution in [-0.4, -0.2) is 35.4 Å². The number of benzene rings is 1. The van der Waals surface area contributed by atoms with Gasteiger partial charge in [0.2, 0.25) is 11.8 Å². The van der Waals surface area contributed by atoms with Gasteiger partial charge >= 0.3 is 0 Å². The van der Waals surface area contributed by atoms with Gasteiger partial charge in [-0.1, -0.05) is 32.4 Å². The van der Waals surface area contributed by atoms with Gasteiger partial charge in [0.25, 0.3) is 0 Å². The number of nitrogens with zero attached hydrogens (tertiary/aromatic N) is 2. The zero-order valence-corrected chi connectivity index (χ0v) is 17.5. The van der Waals surface area contributed by atoms with E-state index < -0.39 is 0 Å². The average molecular weight is 384 g/mol. The van der Waals surface area contributed by atoms with Crippen molar-refractivity contribution in [3.63, 3.8) is 0 Å². The highest BCUT2D eigenvalue weighted by molar-refractivity contribution is 5.78. The fraction of sp³-hybridized carbons (Fsp3) is 0.565. The maximum absolute atomic E-state index is 12.2. The van der Waals surface area contributed by atoms with E-state index >= 15 is 0 Å². The van der Waals surface area contributed by atoms with Crippen LogP contribution in [0.3, 0.4) is 0 Å². The van der Waals surface area contributed by atoms with Gasteiger partial charge < -0.3 is 9.73 Å². The number of hydrogen-bond donors (Lipinski definition) is 1. The normalized spacial score (nSPS) is 15.7. The summed E-state index contributed by atoms with van der Waals surface area (Å²) < 4.78 is 5.93. The summed E-state index contributed by atoms with van der Waals surface area (Å²) >= 11 is 0. The summed E-state index contributed by atoms with van der Waals surface area (Å²) in [7, 11) is 0. The molecule has 1 N–H and O–H groups in total. The van der Waals surface area contributed by atoms with Gasteiger partial charge in [-0.15, -0.1) is 0 Å². The fourth-order valence-electron chi connectivity index (χ4n) is 3.68. The molecule has 1 aliphatic heterocycles. The summed E-state index contributed by atoms with van der Waals surface area (Å²) in [4.78, 5) is 19.4. The minimum atomic E-state index is 0.152. The number of likely N-dealkylation sites (tertiary alicyclic amines) is 1. The Morgan fingerprint density at radius 1 is 1.21 bits per heavy atom. The lowest BCUT2D eigenvalue weighted by Gasteiger charge is -2.30. The number of amides is 1. The molecule has 1 aliphatic rings. The molecule has 0 unspecified atom stereocenters. The Labute approximate surface area is 168 Å². The van der Waals surface area contributed by atoms with Crippen LogP contribution >= 0.6 is 0 Å². The molecule has 0 spiro atoms. The molecule has 2 aromatic rings. The van der Waals surface area contributed by atoms with Crippen LogP contribution < -0.4 is 5.32 Å². The molecule has 28 heavy (non-hydrogen) atoms. The third-order valence-electron chi connectivity index (χ3n) is 5.66. The van der Waals surface area contributed by atoms with Crippen LogP contribution in [0.4, 0.5) is 0 Å². The number of carbonyl (C=O) groups is 1. The lowest BCUT2D eigenvalue weighted by molar-refractivity contribution is -0.126. The molecule has 0 saturated carbocycles. The van der Waals surface area contributed by atoms with Crippen LogP contribution in [0.2, 0.25) is 0 Å². The molecule has 0 bridgehead atoms. The lowest BCUT2D eigenvalue weighted by Crippen LogP contribution is -2.40. The Kier molecular flexibility index (Phi) is 7.26. The number of oxazole rings is 1. The van der Waals surface area contributed by atoms with Gasteiger partial charge in [0.1, 0.15) is 5.76 Å². The number of aromatic nitrogens is 1. The maximum Gasteiger partial charge on any atom is 0.226 e. The molecule has 0 atom stereocenters. The SMILES string of the molecule is CCCCNC(=O)C1CCN(Cc2nc(-c3ccc(CC)cc3)oc2C)CC1. The van der Waals surface area contributed by atoms with E-state index in [9.17, 15) is 4.79 Å². The van der Waals surface area contributed by atoms with Crippen molar-refractivity contribution in [2.75, 3.05) is 19.6 Å². The van der Waals surface area contributed by atoms with E-state index in [0.717, 1.165) is 75.3 Å². The Morgan fingerprint density at radius 3 is 2.57 bits per heavy atom. The summed E-state index contributed by atoms with van der Waals surface area (Å²) in [6.07, 6.45) is 5.03. The minimum absolute atomic E-state index is 0.152. The van der Waals surface area contributed by atoms with Gasteiger partial charge in [-0.3, -0.25) is 9.69 Å². The van der Waals surface area contributed by atoms with Gasteiger partial charge in [-0.05, 0) is 63.4 Å². The molecule has 5 nitrogen and oxygen atoms in total. The summed E-state index contributed by atoms with van der Waals surface area (Å²) in [6, 6.07) is 8.42. The van der Waals surface area contributed by atoms with Crippen molar-refractivity contribution < 1.29 is 9.21 Å². The topological polar surface area (TPSA) is 58.4 Å². The van der Waals surface area contributed by atoms with Crippen LogP contribution in [0.5, 0.6) is 0 Å². The molecule has 0 radical (unpaired) electrons. The second-order valence-corrected chi connectivity index (χ2v) is 7.77. The number of aryl methyl sites for hydroxylation is 2. The summed E-state index contributed by atoms with van der Waals surface area (Å²) in [5, 5.41) is 3.07. The molecule has 1 saturated heterocycles. The summed E-state index contributed by atoms with van der Waals surface area (Å²) in [5.41, 5.74) is 3.34. The second kappa shape index (κ2) is 9.87. The van der Waals surface area contributed by atoms with Crippen LogP contribution in [0.25, 0.3) is 11.5 Å².